The van der Waals surface area contributed by atoms with Crippen molar-refractivity contribution in [3.05, 3.63) is 46.3 Å². The van der Waals surface area contributed by atoms with Crippen LogP contribution >= 0.6 is 0 Å². The van der Waals surface area contributed by atoms with Crippen LogP contribution in [0.15, 0.2) is 30.5 Å². The van der Waals surface area contributed by atoms with E-state index in [1.54, 1.807) is 16.9 Å². The lowest BCUT2D eigenvalue weighted by atomic mass is 10.2. The number of hydrogen-bond donors (Lipinski definition) is 1. The van der Waals surface area contributed by atoms with Crippen molar-refractivity contribution >= 4 is 11.4 Å². The number of nitro benzene ring substituents is 1. The van der Waals surface area contributed by atoms with E-state index in [0.29, 0.717) is 18.0 Å². The molecule has 7 heteroatoms. The van der Waals surface area contributed by atoms with Crippen LogP contribution in [0.1, 0.15) is 5.69 Å². The van der Waals surface area contributed by atoms with Gasteiger partial charge >= 0.3 is 0 Å². The van der Waals surface area contributed by atoms with Gasteiger partial charge in [-0.25, -0.2) is 0 Å². The van der Waals surface area contributed by atoms with E-state index < -0.39 is 4.92 Å². The number of methoxy groups -OCH3 is 1. The van der Waals surface area contributed by atoms with Gasteiger partial charge in [0.05, 0.1) is 18.1 Å². The molecule has 7 nitrogen and oxygen atoms in total. The summed E-state index contributed by atoms with van der Waals surface area (Å²) in [5, 5.41) is 18.1. The number of rotatable bonds is 6. The number of nitrogens with zero attached hydrogens (tertiary/aromatic N) is 3. The number of nitro groups is 1. The molecular formula is C13H16N4O3. The van der Waals surface area contributed by atoms with Crippen LogP contribution in [0.25, 0.3) is 0 Å². The number of ether oxygens (including phenoxy) is 1. The van der Waals surface area contributed by atoms with E-state index in [9.17, 15) is 10.1 Å². The fraction of sp³-hybridized carbons (Fsp3) is 0.308. The molecule has 2 rings (SSSR count). The van der Waals surface area contributed by atoms with Crippen LogP contribution in [-0.4, -0.2) is 28.4 Å². The molecule has 1 N–H and O–H groups in total. The van der Waals surface area contributed by atoms with Crippen molar-refractivity contribution < 1.29 is 9.66 Å². The minimum atomic E-state index is -0.436. The third-order valence-electron chi connectivity index (χ3n) is 2.97. The fourth-order valence-corrected chi connectivity index (χ4v) is 1.89. The van der Waals surface area contributed by atoms with Crippen molar-refractivity contribution in [2.75, 3.05) is 19.0 Å². The molecule has 0 unspecified atom stereocenters. The molecule has 0 atom stereocenters. The number of hydrogen-bond acceptors (Lipinski definition) is 5. The molecule has 0 bridgehead atoms. The van der Waals surface area contributed by atoms with Gasteiger partial charge in [0.1, 0.15) is 5.75 Å². The summed E-state index contributed by atoms with van der Waals surface area (Å²) in [4.78, 5) is 10.4. The lowest BCUT2D eigenvalue weighted by molar-refractivity contribution is -0.384. The maximum atomic E-state index is 10.8. The Bertz CT molecular complexity index is 609. The van der Waals surface area contributed by atoms with Gasteiger partial charge in [0, 0.05) is 49.7 Å². The van der Waals surface area contributed by atoms with Crippen molar-refractivity contribution in [1.29, 1.82) is 0 Å². The normalized spacial score (nSPS) is 10.3. The lowest BCUT2D eigenvalue weighted by Gasteiger charge is -2.08. The first-order valence-electron chi connectivity index (χ1n) is 6.14. The van der Waals surface area contributed by atoms with Gasteiger partial charge in [-0.2, -0.15) is 5.10 Å². The number of anilines is 1. The Morgan fingerprint density at radius 3 is 2.85 bits per heavy atom. The summed E-state index contributed by atoms with van der Waals surface area (Å²) in [7, 11) is 3.37. The third-order valence-corrected chi connectivity index (χ3v) is 2.97. The number of aromatic nitrogens is 2. The van der Waals surface area contributed by atoms with E-state index in [1.807, 2.05) is 13.1 Å². The van der Waals surface area contributed by atoms with Crippen molar-refractivity contribution in [2.24, 2.45) is 7.05 Å². The van der Waals surface area contributed by atoms with Gasteiger partial charge in [-0.3, -0.25) is 14.8 Å². The quantitative estimate of drug-likeness (QED) is 0.644. The van der Waals surface area contributed by atoms with Gasteiger partial charge < -0.3 is 10.1 Å². The number of nitrogens with one attached hydrogen (secondary N) is 1. The molecule has 1 aromatic heterocycles. The molecule has 0 amide bonds. The highest BCUT2D eigenvalue weighted by Crippen LogP contribution is 2.25. The predicted molar refractivity (Wildman–Crippen MR) is 75.1 cm³/mol. The van der Waals surface area contributed by atoms with Crippen molar-refractivity contribution in [2.45, 2.75) is 6.42 Å². The van der Waals surface area contributed by atoms with Gasteiger partial charge in [-0.05, 0) is 6.07 Å². The molecule has 0 aliphatic rings. The van der Waals surface area contributed by atoms with E-state index in [0.717, 1.165) is 12.1 Å². The molecule has 20 heavy (non-hydrogen) atoms. The summed E-state index contributed by atoms with van der Waals surface area (Å²) >= 11 is 0. The third kappa shape index (κ3) is 3.25. The zero-order chi connectivity index (χ0) is 14.5. The Balaban J connectivity index is 2.03. The lowest BCUT2D eigenvalue weighted by Crippen LogP contribution is -2.08. The van der Waals surface area contributed by atoms with Crippen LogP contribution in [0.3, 0.4) is 0 Å². The molecule has 0 saturated heterocycles. The zero-order valence-corrected chi connectivity index (χ0v) is 11.4. The average molecular weight is 276 g/mol. The minimum Gasteiger partial charge on any atom is -0.496 e. The molecule has 2 aromatic rings. The van der Waals surface area contributed by atoms with E-state index in [-0.39, 0.29) is 5.69 Å². The Morgan fingerprint density at radius 2 is 2.25 bits per heavy atom. The van der Waals surface area contributed by atoms with Crippen molar-refractivity contribution in [1.82, 2.24) is 9.78 Å². The molecule has 0 aliphatic carbocycles. The van der Waals surface area contributed by atoms with Crippen LogP contribution in [0.2, 0.25) is 0 Å². The van der Waals surface area contributed by atoms with Gasteiger partial charge in [-0.1, -0.05) is 0 Å². The zero-order valence-electron chi connectivity index (χ0n) is 11.4. The Morgan fingerprint density at radius 1 is 1.45 bits per heavy atom. The summed E-state index contributed by atoms with van der Waals surface area (Å²) in [6.45, 7) is 0.657. The van der Waals surface area contributed by atoms with Crippen LogP contribution in [0, 0.1) is 10.1 Å². The van der Waals surface area contributed by atoms with Gasteiger partial charge in [0.25, 0.3) is 5.69 Å². The van der Waals surface area contributed by atoms with Crippen LogP contribution < -0.4 is 10.1 Å². The van der Waals surface area contributed by atoms with E-state index in [1.165, 1.54) is 19.2 Å². The monoisotopic (exact) mass is 276 g/mol. The van der Waals surface area contributed by atoms with Gasteiger partial charge in [0.15, 0.2) is 0 Å². The standard InChI is InChI=1S/C13H16N4O3/c1-16-11(4-6-15-16)3-5-14-10-7-12(17(18)19)9-13(8-10)20-2/h4,6-9,14H,3,5H2,1-2H3. The van der Waals surface area contributed by atoms with Gasteiger partial charge in [0.2, 0.25) is 0 Å². The Kier molecular flexibility index (Phi) is 4.19. The second-order valence-electron chi connectivity index (χ2n) is 4.30. The van der Waals surface area contributed by atoms with E-state index >= 15 is 0 Å². The maximum absolute atomic E-state index is 10.8. The maximum Gasteiger partial charge on any atom is 0.275 e. The molecule has 0 saturated carbocycles. The number of non-ortho nitro benzene ring substituents is 1. The second-order valence-corrected chi connectivity index (χ2v) is 4.30. The molecule has 0 aliphatic heterocycles. The summed E-state index contributed by atoms with van der Waals surface area (Å²) in [6, 6.07) is 6.56. The Hall–Kier alpha value is -2.57. The highest BCUT2D eigenvalue weighted by atomic mass is 16.6. The first-order chi connectivity index (χ1) is 9.60. The fourth-order valence-electron chi connectivity index (χ4n) is 1.89. The molecule has 106 valence electrons. The van der Waals surface area contributed by atoms with Crippen molar-refractivity contribution in [3.63, 3.8) is 0 Å². The van der Waals surface area contributed by atoms with Gasteiger partial charge in [-0.15, -0.1) is 0 Å². The Labute approximate surface area is 116 Å². The molecule has 0 radical (unpaired) electrons. The highest BCUT2D eigenvalue weighted by molar-refractivity contribution is 5.56. The first-order valence-corrected chi connectivity index (χ1v) is 6.14. The number of benzene rings is 1. The first kappa shape index (κ1) is 13.9. The summed E-state index contributed by atoms with van der Waals surface area (Å²) in [5.41, 5.74) is 1.76. The summed E-state index contributed by atoms with van der Waals surface area (Å²) in [6.07, 6.45) is 2.52. The van der Waals surface area contributed by atoms with Crippen molar-refractivity contribution in [3.8, 4) is 5.75 Å². The minimum absolute atomic E-state index is 0.00684. The molecule has 1 heterocycles. The van der Waals surface area contributed by atoms with E-state index in [2.05, 4.69) is 10.4 Å². The molecular weight excluding hydrogens is 260 g/mol. The predicted octanol–water partition coefficient (Wildman–Crippen LogP) is 1.99. The van der Waals surface area contributed by atoms with E-state index in [4.69, 9.17) is 4.74 Å². The highest BCUT2D eigenvalue weighted by Gasteiger charge is 2.10. The smallest absolute Gasteiger partial charge is 0.275 e. The summed E-state index contributed by atoms with van der Waals surface area (Å²) < 4.78 is 6.86. The molecule has 1 aromatic carbocycles. The number of aryl methyl sites for hydroxylation is 1. The SMILES string of the molecule is COc1cc(NCCc2ccnn2C)cc([N+](=O)[O-])c1. The van der Waals surface area contributed by atoms with Crippen LogP contribution in [-0.2, 0) is 13.5 Å². The molecule has 0 spiro atoms. The van der Waals surface area contributed by atoms with Crippen LogP contribution in [0.5, 0.6) is 5.75 Å². The largest absolute Gasteiger partial charge is 0.496 e. The topological polar surface area (TPSA) is 82.2 Å². The average Bonchev–Trinajstić information content (AvgIpc) is 2.84. The van der Waals surface area contributed by atoms with Crippen LogP contribution in [0.4, 0.5) is 11.4 Å². The summed E-state index contributed by atoms with van der Waals surface area (Å²) in [5.74, 6) is 0.460. The molecule has 0 fully saturated rings. The second kappa shape index (κ2) is 6.05.